The summed E-state index contributed by atoms with van der Waals surface area (Å²) in [6.07, 6.45) is 0. The van der Waals surface area contributed by atoms with Crippen molar-refractivity contribution < 1.29 is 33.1 Å². The van der Waals surface area contributed by atoms with E-state index < -0.39 is 16.8 Å². The maximum Gasteiger partial charge on any atom is 0.350 e. The van der Waals surface area contributed by atoms with E-state index >= 15 is 0 Å². The maximum absolute atomic E-state index is 13.2. The number of rotatable bonds is 8. The molecular weight excluding hydrogens is 545 g/mol. The Bertz CT molecular complexity index is 1760. The van der Waals surface area contributed by atoms with Gasteiger partial charge in [-0.1, -0.05) is 36.4 Å². The quantitative estimate of drug-likeness (QED) is 0.121. The number of carbonyl (C=O) groups excluding carboxylic acids is 1. The number of ether oxygens (including phenoxy) is 4. The SMILES string of the molecule is COc1cc(C2C(C#N)=C(N)Oc3cc(OC(=O)c4ccccc4[N+](=O)[O-])ccc32)ccc1OCc1ccc(F)cc1. The van der Waals surface area contributed by atoms with Crippen molar-refractivity contribution in [1.29, 1.82) is 5.26 Å². The lowest BCUT2D eigenvalue weighted by molar-refractivity contribution is -0.385. The molecule has 0 spiro atoms. The molecule has 0 saturated heterocycles. The third-order valence-electron chi connectivity index (χ3n) is 6.55. The molecule has 1 aliphatic rings. The minimum Gasteiger partial charge on any atom is -0.493 e. The van der Waals surface area contributed by atoms with E-state index in [0.29, 0.717) is 22.6 Å². The number of benzene rings is 4. The summed E-state index contributed by atoms with van der Waals surface area (Å²) in [6, 6.07) is 23.2. The molecule has 0 radical (unpaired) electrons. The van der Waals surface area contributed by atoms with Gasteiger partial charge in [-0.05, 0) is 47.5 Å². The number of methoxy groups -OCH3 is 1. The third-order valence-corrected chi connectivity index (χ3v) is 6.55. The van der Waals surface area contributed by atoms with Crippen LogP contribution in [-0.2, 0) is 6.61 Å². The fraction of sp³-hybridized carbons (Fsp3) is 0.0968. The van der Waals surface area contributed by atoms with E-state index in [1.807, 2.05) is 0 Å². The average Bonchev–Trinajstić information content (AvgIpc) is 3.00. The Morgan fingerprint density at radius 2 is 1.83 bits per heavy atom. The number of allylic oxidation sites excluding steroid dienone is 1. The van der Waals surface area contributed by atoms with Gasteiger partial charge in [-0.2, -0.15) is 5.26 Å². The van der Waals surface area contributed by atoms with Crippen molar-refractivity contribution in [3.8, 4) is 29.1 Å². The number of carbonyl (C=O) groups is 1. The van der Waals surface area contributed by atoms with Crippen molar-refractivity contribution in [2.75, 3.05) is 7.11 Å². The molecule has 0 aliphatic carbocycles. The molecule has 4 aromatic carbocycles. The van der Waals surface area contributed by atoms with Gasteiger partial charge < -0.3 is 24.7 Å². The van der Waals surface area contributed by atoms with Crippen LogP contribution in [0.3, 0.4) is 0 Å². The molecule has 0 saturated carbocycles. The molecule has 1 aliphatic heterocycles. The van der Waals surface area contributed by atoms with E-state index in [1.165, 1.54) is 55.6 Å². The highest BCUT2D eigenvalue weighted by Gasteiger charge is 2.32. The summed E-state index contributed by atoms with van der Waals surface area (Å²) in [6.45, 7) is 0.181. The van der Waals surface area contributed by atoms with Crippen molar-refractivity contribution in [3.63, 3.8) is 0 Å². The van der Waals surface area contributed by atoms with Crippen molar-refractivity contribution in [1.82, 2.24) is 0 Å². The molecule has 210 valence electrons. The van der Waals surface area contributed by atoms with E-state index in [0.717, 1.165) is 5.56 Å². The molecule has 2 N–H and O–H groups in total. The number of hydrogen-bond acceptors (Lipinski definition) is 9. The van der Waals surface area contributed by atoms with Crippen LogP contribution in [0.15, 0.2) is 96.4 Å². The standard InChI is InChI=1S/C31H22FN3O7/c1-39-28-14-19(8-13-26(28)40-17-18-6-9-20(32)10-7-18)29-23-12-11-21(15-27(23)42-30(34)24(29)16-33)41-31(36)22-4-2-3-5-25(22)35(37)38/h2-15,29H,17,34H2,1H3. The molecule has 0 amide bonds. The Morgan fingerprint density at radius 3 is 2.55 bits per heavy atom. The Hall–Kier alpha value is -5.89. The first-order valence-electron chi connectivity index (χ1n) is 12.5. The van der Waals surface area contributed by atoms with E-state index in [9.17, 15) is 24.6 Å². The predicted molar refractivity (Wildman–Crippen MR) is 148 cm³/mol. The largest absolute Gasteiger partial charge is 0.493 e. The molecule has 42 heavy (non-hydrogen) atoms. The predicted octanol–water partition coefficient (Wildman–Crippen LogP) is 5.76. The number of nitriles is 1. The van der Waals surface area contributed by atoms with Crippen LogP contribution in [0.5, 0.6) is 23.0 Å². The van der Waals surface area contributed by atoms with E-state index in [2.05, 4.69) is 6.07 Å². The number of nitro benzene ring substituents is 1. The zero-order chi connectivity index (χ0) is 29.8. The number of nitrogens with two attached hydrogens (primary N) is 1. The second-order valence-corrected chi connectivity index (χ2v) is 9.11. The summed E-state index contributed by atoms with van der Waals surface area (Å²) >= 11 is 0. The molecule has 11 heteroatoms. The number of para-hydroxylation sites is 1. The molecule has 4 aromatic rings. The minimum atomic E-state index is -0.920. The average molecular weight is 568 g/mol. The number of fused-ring (bicyclic) bond motifs is 1. The smallest absolute Gasteiger partial charge is 0.350 e. The zero-order valence-corrected chi connectivity index (χ0v) is 22.1. The highest BCUT2D eigenvalue weighted by Crippen LogP contribution is 2.45. The Morgan fingerprint density at radius 1 is 1.07 bits per heavy atom. The van der Waals surface area contributed by atoms with Crippen LogP contribution in [0.25, 0.3) is 0 Å². The summed E-state index contributed by atoms with van der Waals surface area (Å²) in [7, 11) is 1.48. The lowest BCUT2D eigenvalue weighted by atomic mass is 9.83. The van der Waals surface area contributed by atoms with Crippen LogP contribution < -0.4 is 24.7 Å². The zero-order valence-electron chi connectivity index (χ0n) is 22.1. The number of halogens is 1. The van der Waals surface area contributed by atoms with Crippen molar-refractivity contribution in [2.24, 2.45) is 5.73 Å². The number of nitro groups is 1. The van der Waals surface area contributed by atoms with Crippen LogP contribution in [0, 0.1) is 27.3 Å². The van der Waals surface area contributed by atoms with E-state index in [1.54, 1.807) is 36.4 Å². The first-order valence-corrected chi connectivity index (χ1v) is 12.5. The van der Waals surface area contributed by atoms with Crippen molar-refractivity contribution in [3.05, 3.63) is 135 Å². The number of hydrogen-bond donors (Lipinski definition) is 1. The molecule has 10 nitrogen and oxygen atoms in total. The summed E-state index contributed by atoms with van der Waals surface area (Å²) in [4.78, 5) is 23.4. The van der Waals surface area contributed by atoms with Gasteiger partial charge in [0.05, 0.1) is 18.0 Å². The Labute approximate surface area is 239 Å². The van der Waals surface area contributed by atoms with Crippen molar-refractivity contribution in [2.45, 2.75) is 12.5 Å². The first-order chi connectivity index (χ1) is 20.3. The van der Waals surface area contributed by atoms with Gasteiger partial charge in [-0.25, -0.2) is 9.18 Å². The number of nitrogens with zero attached hydrogens (tertiary/aromatic N) is 2. The lowest BCUT2D eigenvalue weighted by Gasteiger charge is -2.27. The van der Waals surface area contributed by atoms with Gasteiger partial charge in [0.25, 0.3) is 5.69 Å². The van der Waals surface area contributed by atoms with Gasteiger partial charge in [0, 0.05) is 17.7 Å². The topological polar surface area (TPSA) is 147 Å². The van der Waals surface area contributed by atoms with Gasteiger partial charge in [0.1, 0.15) is 41.1 Å². The molecule has 1 heterocycles. The van der Waals surface area contributed by atoms with Gasteiger partial charge in [0.2, 0.25) is 5.88 Å². The van der Waals surface area contributed by atoms with E-state index in [-0.39, 0.29) is 46.6 Å². The Balaban J connectivity index is 1.44. The van der Waals surface area contributed by atoms with Crippen LogP contribution in [0.2, 0.25) is 0 Å². The molecule has 1 atom stereocenters. The molecule has 0 fully saturated rings. The van der Waals surface area contributed by atoms with Gasteiger partial charge in [-0.15, -0.1) is 0 Å². The molecule has 1 unspecified atom stereocenters. The first kappa shape index (κ1) is 27.7. The van der Waals surface area contributed by atoms with Crippen molar-refractivity contribution >= 4 is 11.7 Å². The number of esters is 1. The fourth-order valence-corrected chi connectivity index (χ4v) is 4.53. The second-order valence-electron chi connectivity index (χ2n) is 9.11. The second kappa shape index (κ2) is 11.7. The Kier molecular flexibility index (Phi) is 7.70. The summed E-state index contributed by atoms with van der Waals surface area (Å²) in [5.74, 6) is -0.920. The summed E-state index contributed by atoms with van der Waals surface area (Å²) in [5.41, 5.74) is 7.66. The highest BCUT2D eigenvalue weighted by atomic mass is 19.1. The fourth-order valence-electron chi connectivity index (χ4n) is 4.53. The van der Waals surface area contributed by atoms with Crippen LogP contribution in [0.1, 0.15) is 33.0 Å². The monoisotopic (exact) mass is 567 g/mol. The van der Waals surface area contributed by atoms with E-state index in [4.69, 9.17) is 24.7 Å². The van der Waals surface area contributed by atoms with Gasteiger partial charge in [-0.3, -0.25) is 10.1 Å². The van der Waals surface area contributed by atoms with Crippen LogP contribution >= 0.6 is 0 Å². The molecular formula is C31H22FN3O7. The summed E-state index contributed by atoms with van der Waals surface area (Å²) < 4.78 is 35.8. The summed E-state index contributed by atoms with van der Waals surface area (Å²) in [5, 5.41) is 21.2. The highest BCUT2D eigenvalue weighted by molar-refractivity contribution is 5.95. The van der Waals surface area contributed by atoms with Gasteiger partial charge in [0.15, 0.2) is 11.5 Å². The maximum atomic E-state index is 13.2. The third kappa shape index (κ3) is 5.55. The minimum absolute atomic E-state index is 0.0611. The van der Waals surface area contributed by atoms with Gasteiger partial charge >= 0.3 is 5.97 Å². The van der Waals surface area contributed by atoms with Crippen LogP contribution in [-0.4, -0.2) is 18.0 Å². The normalized spacial score (nSPS) is 13.8. The molecule has 0 bridgehead atoms. The molecule has 0 aromatic heterocycles. The molecule has 5 rings (SSSR count). The van der Waals surface area contributed by atoms with Crippen LogP contribution in [0.4, 0.5) is 10.1 Å². The lowest BCUT2D eigenvalue weighted by Crippen LogP contribution is -2.21.